The SMILES string of the molecule is CC1CN(Cc2ccc(Cl)cc2)C(C)CC1NC[C@](C)(O)COc1ccccc1CC(=O)O.O=C(O)C(F)(F)F.O=C(O)C(F)(F)F. The number of likely N-dealkylation sites (tertiary alicyclic amines) is 1. The number of hydrogen-bond acceptors (Lipinski definition) is 7. The van der Waals surface area contributed by atoms with E-state index in [0.29, 0.717) is 35.9 Å². The Hall–Kier alpha value is -3.60. The van der Waals surface area contributed by atoms with Crippen LogP contribution in [-0.4, -0.2) is 93.0 Å². The van der Waals surface area contributed by atoms with Crippen molar-refractivity contribution in [2.75, 3.05) is 19.7 Å². The Morgan fingerprint density at radius 3 is 1.94 bits per heavy atom. The maximum absolute atomic E-state index is 11.1. The molecule has 47 heavy (non-hydrogen) atoms. The fraction of sp³-hybridized carbons (Fsp3) is 0.500. The second-order valence-electron chi connectivity index (χ2n) is 11.2. The lowest BCUT2D eigenvalue weighted by Gasteiger charge is -2.43. The van der Waals surface area contributed by atoms with Crippen LogP contribution in [0.25, 0.3) is 0 Å². The zero-order chi connectivity index (χ0) is 36.2. The first-order valence-electron chi connectivity index (χ1n) is 14.0. The van der Waals surface area contributed by atoms with Gasteiger partial charge in [-0.2, -0.15) is 26.3 Å². The fourth-order valence-corrected chi connectivity index (χ4v) is 4.47. The molecule has 0 radical (unpaired) electrons. The van der Waals surface area contributed by atoms with E-state index >= 15 is 0 Å². The van der Waals surface area contributed by atoms with Crippen molar-refractivity contribution in [2.24, 2.45) is 5.92 Å². The zero-order valence-electron chi connectivity index (χ0n) is 25.6. The number of carboxylic acids is 3. The number of piperidine rings is 1. The van der Waals surface area contributed by atoms with E-state index in [1.807, 2.05) is 12.1 Å². The van der Waals surface area contributed by atoms with Gasteiger partial charge in [0.2, 0.25) is 0 Å². The summed E-state index contributed by atoms with van der Waals surface area (Å²) >= 11 is 6.01. The van der Waals surface area contributed by atoms with Gasteiger partial charge >= 0.3 is 30.3 Å². The Labute approximate surface area is 271 Å². The van der Waals surface area contributed by atoms with Crippen LogP contribution in [0.4, 0.5) is 26.3 Å². The zero-order valence-corrected chi connectivity index (χ0v) is 26.4. The van der Waals surface area contributed by atoms with Crippen LogP contribution in [0.3, 0.4) is 0 Å². The van der Waals surface area contributed by atoms with Crippen molar-refractivity contribution in [1.82, 2.24) is 10.2 Å². The first-order chi connectivity index (χ1) is 21.5. The molecule has 17 heteroatoms. The number of carboxylic acid groups (broad SMARTS) is 3. The van der Waals surface area contributed by atoms with Crippen LogP contribution in [-0.2, 0) is 27.3 Å². The number of aliphatic hydroxyl groups is 1. The van der Waals surface area contributed by atoms with Crippen molar-refractivity contribution >= 4 is 29.5 Å². The molecule has 0 aromatic heterocycles. The maximum Gasteiger partial charge on any atom is 0.490 e. The highest BCUT2D eigenvalue weighted by molar-refractivity contribution is 6.30. The highest BCUT2D eigenvalue weighted by atomic mass is 35.5. The fourth-order valence-electron chi connectivity index (χ4n) is 4.34. The topological polar surface area (TPSA) is 157 Å². The molecule has 0 spiro atoms. The summed E-state index contributed by atoms with van der Waals surface area (Å²) in [5.41, 5.74) is 0.775. The number of alkyl halides is 6. The molecule has 0 amide bonds. The minimum Gasteiger partial charge on any atom is -0.490 e. The van der Waals surface area contributed by atoms with Gasteiger partial charge in [0.15, 0.2) is 0 Å². The molecule has 2 aromatic carbocycles. The van der Waals surface area contributed by atoms with Crippen LogP contribution >= 0.6 is 11.6 Å². The molecule has 0 aliphatic carbocycles. The summed E-state index contributed by atoms with van der Waals surface area (Å²) in [6, 6.07) is 15.8. The standard InChI is InChI=1S/C26H35ClN2O4.2C2HF3O2/c1-18-14-29(15-20-8-10-22(27)11-9-20)19(2)12-23(18)28-16-26(3,32)17-33-24-7-5-4-6-21(24)13-25(30)31;2*3-2(4,5)1(6)7/h4-11,18-19,23,28,32H,12-17H2,1-3H3,(H,30,31);2*(H,6,7)/t18?,19?,23?,26-;;/m0../s1. The molecule has 2 aromatic rings. The molecule has 1 aliphatic heterocycles. The quantitative estimate of drug-likeness (QED) is 0.207. The average molecular weight is 703 g/mol. The molecule has 5 N–H and O–H groups in total. The van der Waals surface area contributed by atoms with Gasteiger partial charge < -0.3 is 30.5 Å². The third kappa shape index (κ3) is 16.2. The van der Waals surface area contributed by atoms with Crippen LogP contribution in [0.2, 0.25) is 5.02 Å². The molecular formula is C30H37ClF6N2O8. The first kappa shape index (κ1) is 41.4. The van der Waals surface area contributed by atoms with Gasteiger partial charge in [0.25, 0.3) is 0 Å². The van der Waals surface area contributed by atoms with Crippen LogP contribution in [0.1, 0.15) is 38.3 Å². The summed E-state index contributed by atoms with van der Waals surface area (Å²) in [6.45, 7) is 8.58. The molecule has 4 atom stereocenters. The molecule has 3 rings (SSSR count). The highest BCUT2D eigenvalue weighted by Gasteiger charge is 2.39. The largest absolute Gasteiger partial charge is 0.490 e. The van der Waals surface area contributed by atoms with Gasteiger partial charge in [-0.25, -0.2) is 9.59 Å². The van der Waals surface area contributed by atoms with Crippen LogP contribution < -0.4 is 10.1 Å². The number of rotatable bonds is 10. The third-order valence-corrected chi connectivity index (χ3v) is 7.06. The van der Waals surface area contributed by atoms with Gasteiger partial charge in [0.05, 0.1) is 6.42 Å². The van der Waals surface area contributed by atoms with Crippen LogP contribution in [0, 0.1) is 5.92 Å². The number of ether oxygens (including phenoxy) is 1. The minimum absolute atomic E-state index is 0.0793. The van der Waals surface area contributed by atoms with E-state index < -0.39 is 35.9 Å². The minimum atomic E-state index is -5.08. The predicted molar refractivity (Wildman–Crippen MR) is 158 cm³/mol. The number of hydrogen-bond donors (Lipinski definition) is 5. The Bertz CT molecular complexity index is 1280. The van der Waals surface area contributed by atoms with E-state index in [-0.39, 0.29) is 13.0 Å². The van der Waals surface area contributed by atoms with E-state index in [4.69, 9.17) is 41.2 Å². The lowest BCUT2D eigenvalue weighted by atomic mass is 9.88. The van der Waals surface area contributed by atoms with Crippen LogP contribution in [0.5, 0.6) is 5.75 Å². The van der Waals surface area contributed by atoms with E-state index in [1.54, 1.807) is 31.2 Å². The van der Waals surface area contributed by atoms with Crippen molar-refractivity contribution in [1.29, 1.82) is 0 Å². The van der Waals surface area contributed by atoms with E-state index in [9.17, 15) is 36.2 Å². The van der Waals surface area contributed by atoms with E-state index in [2.05, 4.69) is 36.2 Å². The van der Waals surface area contributed by atoms with Gasteiger partial charge in [-0.15, -0.1) is 0 Å². The van der Waals surface area contributed by atoms with E-state index in [1.165, 1.54) is 5.56 Å². The summed E-state index contributed by atoms with van der Waals surface area (Å²) in [7, 11) is 0. The number of carbonyl (C=O) groups is 3. The summed E-state index contributed by atoms with van der Waals surface area (Å²) in [6.07, 6.45) is -9.28. The highest BCUT2D eigenvalue weighted by Crippen LogP contribution is 2.25. The Kier molecular flexibility index (Phi) is 15.9. The molecule has 10 nitrogen and oxygen atoms in total. The van der Waals surface area contributed by atoms with Crippen molar-refractivity contribution < 1.29 is 65.9 Å². The second-order valence-corrected chi connectivity index (χ2v) is 11.6. The average Bonchev–Trinajstić information content (AvgIpc) is 2.94. The number of para-hydroxylation sites is 1. The number of aliphatic carboxylic acids is 3. The van der Waals surface area contributed by atoms with Crippen molar-refractivity contribution in [3.8, 4) is 5.75 Å². The smallest absolute Gasteiger partial charge is 0.490 e. The van der Waals surface area contributed by atoms with Gasteiger partial charge in [0, 0.05) is 42.3 Å². The van der Waals surface area contributed by atoms with Gasteiger partial charge in [-0.3, -0.25) is 9.69 Å². The maximum atomic E-state index is 11.1. The molecule has 1 saturated heterocycles. The molecule has 3 unspecified atom stereocenters. The van der Waals surface area contributed by atoms with Crippen LogP contribution in [0.15, 0.2) is 48.5 Å². The predicted octanol–water partition coefficient (Wildman–Crippen LogP) is 5.25. The summed E-state index contributed by atoms with van der Waals surface area (Å²) in [5, 5.41) is 38.5. The summed E-state index contributed by atoms with van der Waals surface area (Å²) < 4.78 is 69.3. The third-order valence-electron chi connectivity index (χ3n) is 6.81. The molecular weight excluding hydrogens is 666 g/mol. The van der Waals surface area contributed by atoms with Crippen molar-refractivity contribution in [3.05, 3.63) is 64.7 Å². The van der Waals surface area contributed by atoms with Crippen molar-refractivity contribution in [2.45, 2.75) is 70.2 Å². The Balaban J connectivity index is 0.000000658. The van der Waals surface area contributed by atoms with E-state index in [0.717, 1.165) is 24.5 Å². The number of nitrogens with zero attached hydrogens (tertiary/aromatic N) is 1. The second kappa shape index (κ2) is 18.1. The molecule has 1 fully saturated rings. The lowest BCUT2D eigenvalue weighted by Crippen LogP contribution is -2.55. The molecule has 1 aliphatic rings. The molecule has 264 valence electrons. The van der Waals surface area contributed by atoms with Gasteiger partial charge in [-0.05, 0) is 49.9 Å². The molecule has 0 bridgehead atoms. The van der Waals surface area contributed by atoms with Gasteiger partial charge in [0.1, 0.15) is 18.0 Å². The summed E-state index contributed by atoms with van der Waals surface area (Å²) in [4.78, 5) is 31.4. The lowest BCUT2D eigenvalue weighted by molar-refractivity contribution is -0.193. The Morgan fingerprint density at radius 1 is 0.936 bits per heavy atom. The van der Waals surface area contributed by atoms with Gasteiger partial charge in [-0.1, -0.05) is 48.9 Å². The summed E-state index contributed by atoms with van der Waals surface area (Å²) in [5.74, 6) is -5.50. The number of nitrogens with one attached hydrogen (secondary N) is 1. The Morgan fingerprint density at radius 2 is 1.45 bits per heavy atom. The molecule has 1 heterocycles. The number of benzene rings is 2. The monoisotopic (exact) mass is 702 g/mol. The first-order valence-corrected chi connectivity index (χ1v) is 14.4. The van der Waals surface area contributed by atoms with Crippen molar-refractivity contribution in [3.63, 3.8) is 0 Å². The normalized spacial score (nSPS) is 19.6. The molecule has 0 saturated carbocycles. The number of halogens is 7.